The smallest absolute Gasteiger partial charge is 0.332 e. The number of hydrogen-bond acceptors (Lipinski definition) is 5. The summed E-state index contributed by atoms with van der Waals surface area (Å²) in [6, 6.07) is 0. The topological polar surface area (TPSA) is 78.6 Å². The number of rotatable bonds is 7. The van der Waals surface area contributed by atoms with Crippen LogP contribution in [-0.4, -0.2) is 25.2 Å². The third-order valence-corrected chi connectivity index (χ3v) is 1.66. The van der Waals surface area contributed by atoms with Crippen LogP contribution in [-0.2, 0) is 19.1 Å². The minimum Gasteiger partial charge on any atom is -0.466 e. The fraction of sp³-hybridized carbons (Fsp3) is 0.636. The van der Waals surface area contributed by atoms with Crippen molar-refractivity contribution in [2.75, 3.05) is 13.2 Å². The van der Waals surface area contributed by atoms with E-state index in [1.165, 1.54) is 6.08 Å². The number of ether oxygens (including phenoxy) is 2. The summed E-state index contributed by atoms with van der Waals surface area (Å²) in [5, 5.41) is 0. The Labute approximate surface area is 95.6 Å². The Kier molecular flexibility index (Phi) is 7.93. The zero-order valence-electron chi connectivity index (χ0n) is 9.82. The van der Waals surface area contributed by atoms with Crippen molar-refractivity contribution in [3.63, 3.8) is 0 Å². The number of nitrogens with two attached hydrogens (primary N) is 1. The molecule has 0 aromatic carbocycles. The normalized spacial score (nSPS) is 11.0. The Morgan fingerprint density at radius 1 is 1.25 bits per heavy atom. The van der Waals surface area contributed by atoms with Crippen LogP contribution in [0.5, 0.6) is 0 Å². The minimum absolute atomic E-state index is 0.0214. The molecule has 0 aliphatic carbocycles. The second kappa shape index (κ2) is 8.76. The summed E-state index contributed by atoms with van der Waals surface area (Å²) in [6.07, 6.45) is 3.07. The molecule has 92 valence electrons. The highest BCUT2D eigenvalue weighted by Gasteiger charge is 2.04. The second-order valence-corrected chi connectivity index (χ2v) is 3.38. The van der Waals surface area contributed by atoms with Crippen LogP contribution in [0.2, 0.25) is 0 Å². The lowest BCUT2D eigenvalue weighted by molar-refractivity contribution is -0.147. The van der Waals surface area contributed by atoms with E-state index in [0.717, 1.165) is 12.8 Å². The molecular formula is C11H19NO4. The maximum Gasteiger partial charge on any atom is 0.332 e. The first-order valence-electron chi connectivity index (χ1n) is 5.32. The summed E-state index contributed by atoms with van der Waals surface area (Å²) in [5.74, 6) is -0.893. The van der Waals surface area contributed by atoms with Crippen LogP contribution in [0.1, 0.15) is 33.1 Å². The van der Waals surface area contributed by atoms with Crippen LogP contribution in [0.4, 0.5) is 0 Å². The predicted molar refractivity (Wildman–Crippen MR) is 59.4 cm³/mol. The lowest BCUT2D eigenvalue weighted by atomic mass is 10.4. The van der Waals surface area contributed by atoms with Gasteiger partial charge in [-0.25, -0.2) is 4.79 Å². The van der Waals surface area contributed by atoms with Gasteiger partial charge in [-0.05, 0) is 13.3 Å². The highest BCUT2D eigenvalue weighted by Crippen LogP contribution is 1.94. The molecule has 5 heteroatoms. The number of carbonyl (C=O) groups excluding carboxylic acids is 2. The van der Waals surface area contributed by atoms with Crippen LogP contribution in [0, 0.1) is 0 Å². The quantitative estimate of drug-likeness (QED) is 0.402. The molecule has 0 aromatic rings. The van der Waals surface area contributed by atoms with E-state index in [9.17, 15) is 9.59 Å². The maximum atomic E-state index is 11.1. The van der Waals surface area contributed by atoms with E-state index in [0.29, 0.717) is 12.3 Å². The van der Waals surface area contributed by atoms with E-state index < -0.39 is 5.97 Å². The summed E-state index contributed by atoms with van der Waals surface area (Å²) in [7, 11) is 0. The molecule has 2 N–H and O–H groups in total. The van der Waals surface area contributed by atoms with Gasteiger partial charge in [-0.15, -0.1) is 0 Å². The highest BCUT2D eigenvalue weighted by molar-refractivity contribution is 5.82. The molecule has 0 saturated heterocycles. The zero-order valence-corrected chi connectivity index (χ0v) is 9.82. The average Bonchev–Trinajstić information content (AvgIpc) is 2.17. The van der Waals surface area contributed by atoms with E-state index in [1.54, 1.807) is 6.92 Å². The first kappa shape index (κ1) is 14.5. The largest absolute Gasteiger partial charge is 0.466 e. The van der Waals surface area contributed by atoms with Gasteiger partial charge in [0.25, 0.3) is 0 Å². The Bertz CT molecular complexity index is 257. The third kappa shape index (κ3) is 9.05. The zero-order chi connectivity index (χ0) is 12.4. The van der Waals surface area contributed by atoms with Crippen LogP contribution >= 0.6 is 0 Å². The monoisotopic (exact) mass is 229 g/mol. The number of hydrogen-bond donors (Lipinski definition) is 1. The van der Waals surface area contributed by atoms with Crippen LogP contribution < -0.4 is 5.73 Å². The summed E-state index contributed by atoms with van der Waals surface area (Å²) < 4.78 is 9.61. The van der Waals surface area contributed by atoms with Crippen molar-refractivity contribution in [2.24, 2.45) is 5.73 Å². The van der Waals surface area contributed by atoms with Gasteiger partial charge in [-0.3, -0.25) is 4.79 Å². The maximum absolute atomic E-state index is 11.1. The first-order chi connectivity index (χ1) is 7.56. The standard InChI is InChI=1S/C11H19NO4/c1-3-4-6-15-10(13)5-7-16-11(14)8-9(2)12/h8H,3-7,12H2,1-2H3/b9-8-. The fourth-order valence-corrected chi connectivity index (χ4v) is 0.865. The van der Waals surface area contributed by atoms with Crippen molar-refractivity contribution in [2.45, 2.75) is 33.1 Å². The summed E-state index contributed by atoms with van der Waals surface area (Å²) >= 11 is 0. The minimum atomic E-state index is -0.540. The van der Waals surface area contributed by atoms with Gasteiger partial charge >= 0.3 is 11.9 Å². The predicted octanol–water partition coefficient (Wildman–Crippen LogP) is 1.13. The Morgan fingerprint density at radius 2 is 1.94 bits per heavy atom. The van der Waals surface area contributed by atoms with Crippen LogP contribution in [0.25, 0.3) is 0 Å². The van der Waals surface area contributed by atoms with E-state index >= 15 is 0 Å². The van der Waals surface area contributed by atoms with E-state index in [4.69, 9.17) is 15.2 Å². The van der Waals surface area contributed by atoms with Gasteiger partial charge in [0.05, 0.1) is 13.0 Å². The van der Waals surface area contributed by atoms with E-state index in [1.807, 2.05) is 6.92 Å². The average molecular weight is 229 g/mol. The molecule has 0 atom stereocenters. The second-order valence-electron chi connectivity index (χ2n) is 3.38. The van der Waals surface area contributed by atoms with Crippen molar-refractivity contribution >= 4 is 11.9 Å². The van der Waals surface area contributed by atoms with E-state index in [2.05, 4.69) is 0 Å². The van der Waals surface area contributed by atoms with Crippen LogP contribution in [0.3, 0.4) is 0 Å². The molecule has 5 nitrogen and oxygen atoms in total. The fourth-order valence-electron chi connectivity index (χ4n) is 0.865. The third-order valence-electron chi connectivity index (χ3n) is 1.66. The molecule has 0 saturated carbocycles. The molecule has 0 aliphatic rings. The van der Waals surface area contributed by atoms with Crippen molar-refractivity contribution in [1.29, 1.82) is 0 Å². The number of unbranched alkanes of at least 4 members (excludes halogenated alkanes) is 1. The molecule has 0 unspecified atom stereocenters. The van der Waals surface area contributed by atoms with Gasteiger partial charge in [0.1, 0.15) is 6.61 Å². The molecule has 0 bridgehead atoms. The molecule has 0 fully saturated rings. The van der Waals surface area contributed by atoms with Gasteiger partial charge in [0.2, 0.25) is 0 Å². The highest BCUT2D eigenvalue weighted by atomic mass is 16.5. The lowest BCUT2D eigenvalue weighted by Crippen LogP contribution is -2.12. The molecule has 0 amide bonds. The molecule has 0 radical (unpaired) electrons. The van der Waals surface area contributed by atoms with Gasteiger partial charge in [0.15, 0.2) is 0 Å². The van der Waals surface area contributed by atoms with Crippen molar-refractivity contribution in [3.8, 4) is 0 Å². The molecule has 0 rings (SSSR count). The molecular weight excluding hydrogens is 210 g/mol. The van der Waals surface area contributed by atoms with Gasteiger partial charge in [0, 0.05) is 11.8 Å². The van der Waals surface area contributed by atoms with Crippen molar-refractivity contribution in [1.82, 2.24) is 0 Å². The van der Waals surface area contributed by atoms with Gasteiger partial charge < -0.3 is 15.2 Å². The molecule has 0 aromatic heterocycles. The molecule has 0 spiro atoms. The van der Waals surface area contributed by atoms with Crippen molar-refractivity contribution in [3.05, 3.63) is 11.8 Å². The number of carbonyl (C=O) groups is 2. The van der Waals surface area contributed by atoms with Gasteiger partial charge in [-0.2, -0.15) is 0 Å². The molecule has 16 heavy (non-hydrogen) atoms. The molecule has 0 aliphatic heterocycles. The van der Waals surface area contributed by atoms with Crippen molar-refractivity contribution < 1.29 is 19.1 Å². The SMILES string of the molecule is CCCCOC(=O)CCOC(=O)/C=C(/C)N. The Hall–Kier alpha value is -1.52. The van der Waals surface area contributed by atoms with Crippen LogP contribution in [0.15, 0.2) is 11.8 Å². The number of allylic oxidation sites excluding steroid dienone is 1. The van der Waals surface area contributed by atoms with E-state index in [-0.39, 0.29) is 19.0 Å². The summed E-state index contributed by atoms with van der Waals surface area (Å²) in [4.78, 5) is 22.0. The number of esters is 2. The first-order valence-corrected chi connectivity index (χ1v) is 5.32. The lowest BCUT2D eigenvalue weighted by Gasteiger charge is -2.04. The Morgan fingerprint density at radius 3 is 2.50 bits per heavy atom. The molecule has 0 heterocycles. The van der Waals surface area contributed by atoms with Gasteiger partial charge in [-0.1, -0.05) is 13.3 Å². The Balaban J connectivity index is 3.54. The summed E-state index contributed by atoms with van der Waals surface area (Å²) in [6.45, 7) is 4.04. The summed E-state index contributed by atoms with van der Waals surface area (Å²) in [5.41, 5.74) is 5.65.